The second-order valence-electron chi connectivity index (χ2n) is 5.97. The van der Waals surface area contributed by atoms with Gasteiger partial charge in [0, 0.05) is 36.1 Å². The van der Waals surface area contributed by atoms with Crippen LogP contribution >= 0.6 is 0 Å². The molecule has 4 rings (SSSR count). The van der Waals surface area contributed by atoms with E-state index in [0.717, 1.165) is 5.56 Å². The number of nitrogens with one attached hydrogen (secondary N) is 1. The Morgan fingerprint density at radius 3 is 2.52 bits per heavy atom. The van der Waals surface area contributed by atoms with Crippen molar-refractivity contribution in [2.75, 3.05) is 0 Å². The van der Waals surface area contributed by atoms with Crippen LogP contribution in [0, 0.1) is 0 Å². The fourth-order valence-electron chi connectivity index (χ4n) is 3.62. The lowest BCUT2D eigenvalue weighted by atomic mass is 9.94. The molecule has 0 saturated heterocycles. The van der Waals surface area contributed by atoms with E-state index in [1.54, 1.807) is 11.9 Å². The molecule has 0 bridgehead atoms. The Kier molecular flexibility index (Phi) is 3.20. The Hall–Kier alpha value is -2.59. The Morgan fingerprint density at radius 1 is 1.09 bits per heavy atom. The van der Waals surface area contributed by atoms with Crippen molar-refractivity contribution in [2.45, 2.75) is 19.5 Å². The SMILES string of the molecule is CC(=O)N1NCc2c(c3ccccc3n2C)C1c1ccccc1. The van der Waals surface area contributed by atoms with Gasteiger partial charge in [0.1, 0.15) is 6.04 Å². The highest BCUT2D eigenvalue weighted by atomic mass is 16.2. The number of aromatic nitrogens is 1. The third-order valence-corrected chi connectivity index (χ3v) is 4.67. The lowest BCUT2D eigenvalue weighted by Crippen LogP contribution is -2.47. The van der Waals surface area contributed by atoms with E-state index in [9.17, 15) is 4.79 Å². The first-order valence-corrected chi connectivity index (χ1v) is 7.83. The number of aryl methyl sites for hydroxylation is 1. The molecule has 0 radical (unpaired) electrons. The zero-order valence-corrected chi connectivity index (χ0v) is 13.3. The molecule has 1 aromatic heterocycles. The zero-order valence-electron chi connectivity index (χ0n) is 13.3. The summed E-state index contributed by atoms with van der Waals surface area (Å²) in [5, 5.41) is 2.97. The van der Waals surface area contributed by atoms with Crippen LogP contribution in [0.4, 0.5) is 0 Å². The van der Waals surface area contributed by atoms with E-state index in [-0.39, 0.29) is 11.9 Å². The quantitative estimate of drug-likeness (QED) is 0.750. The average Bonchev–Trinajstić information content (AvgIpc) is 2.88. The number of fused-ring (bicyclic) bond motifs is 3. The molecule has 1 aliphatic heterocycles. The standard InChI is InChI=1S/C19H19N3O/c1-13(23)22-19(14-8-4-3-5-9-14)18-15-10-6-7-11-16(15)21(2)17(18)12-20-22/h3-11,19-20H,12H2,1-2H3. The molecule has 4 heteroatoms. The van der Waals surface area contributed by atoms with E-state index in [0.29, 0.717) is 6.54 Å². The van der Waals surface area contributed by atoms with Gasteiger partial charge in [-0.05, 0) is 11.6 Å². The van der Waals surface area contributed by atoms with Gasteiger partial charge in [-0.15, -0.1) is 0 Å². The van der Waals surface area contributed by atoms with E-state index in [1.165, 1.54) is 22.2 Å². The van der Waals surface area contributed by atoms with Crippen LogP contribution in [-0.2, 0) is 18.4 Å². The van der Waals surface area contributed by atoms with Crippen LogP contribution in [0.1, 0.15) is 29.8 Å². The first-order valence-electron chi connectivity index (χ1n) is 7.83. The van der Waals surface area contributed by atoms with Gasteiger partial charge < -0.3 is 4.57 Å². The maximum absolute atomic E-state index is 12.2. The number of nitrogens with zero attached hydrogens (tertiary/aromatic N) is 2. The van der Waals surface area contributed by atoms with Gasteiger partial charge in [-0.25, -0.2) is 5.43 Å². The fourth-order valence-corrected chi connectivity index (χ4v) is 3.62. The van der Waals surface area contributed by atoms with Crippen LogP contribution in [0.25, 0.3) is 10.9 Å². The average molecular weight is 305 g/mol. The predicted octanol–water partition coefficient (Wildman–Crippen LogP) is 3.13. The minimum Gasteiger partial charge on any atom is -0.346 e. The number of benzene rings is 2. The molecule has 0 fully saturated rings. The summed E-state index contributed by atoms with van der Waals surface area (Å²) in [5.74, 6) is 0.0254. The van der Waals surface area contributed by atoms with Crippen LogP contribution in [-0.4, -0.2) is 15.5 Å². The fraction of sp³-hybridized carbons (Fsp3) is 0.211. The first-order chi connectivity index (χ1) is 11.2. The Morgan fingerprint density at radius 2 is 1.78 bits per heavy atom. The molecule has 1 amide bonds. The van der Waals surface area contributed by atoms with Gasteiger partial charge in [0.05, 0.1) is 6.54 Å². The maximum atomic E-state index is 12.2. The zero-order chi connectivity index (χ0) is 16.0. The van der Waals surface area contributed by atoms with Crippen LogP contribution in [0.3, 0.4) is 0 Å². The van der Waals surface area contributed by atoms with Gasteiger partial charge in [0.25, 0.3) is 0 Å². The number of carbonyl (C=O) groups is 1. The van der Waals surface area contributed by atoms with Crippen LogP contribution in [0.15, 0.2) is 54.6 Å². The molecular formula is C19H19N3O. The highest BCUT2D eigenvalue weighted by Crippen LogP contribution is 2.39. The van der Waals surface area contributed by atoms with Gasteiger partial charge in [-0.1, -0.05) is 48.5 Å². The van der Waals surface area contributed by atoms with Crippen LogP contribution < -0.4 is 5.43 Å². The number of para-hydroxylation sites is 1. The minimum absolute atomic E-state index is 0.0254. The molecule has 23 heavy (non-hydrogen) atoms. The molecule has 0 aliphatic carbocycles. The number of amides is 1. The summed E-state index contributed by atoms with van der Waals surface area (Å²) in [5.41, 5.74) is 8.06. The molecule has 4 nitrogen and oxygen atoms in total. The molecule has 2 heterocycles. The summed E-state index contributed by atoms with van der Waals surface area (Å²) < 4.78 is 2.23. The molecule has 1 N–H and O–H groups in total. The number of hydrogen-bond acceptors (Lipinski definition) is 2. The van der Waals surface area contributed by atoms with E-state index in [1.807, 2.05) is 18.2 Å². The lowest BCUT2D eigenvalue weighted by Gasteiger charge is -2.36. The largest absolute Gasteiger partial charge is 0.346 e. The first kappa shape index (κ1) is 14.0. The second kappa shape index (κ2) is 5.25. The van der Waals surface area contributed by atoms with Gasteiger partial charge in [-0.3, -0.25) is 9.80 Å². The second-order valence-corrected chi connectivity index (χ2v) is 5.97. The lowest BCUT2D eigenvalue weighted by molar-refractivity contribution is -0.135. The molecule has 1 unspecified atom stereocenters. The molecule has 3 aromatic rings. The van der Waals surface area contributed by atoms with Crippen molar-refractivity contribution < 1.29 is 4.79 Å². The Labute approximate surface area is 135 Å². The summed E-state index contributed by atoms with van der Waals surface area (Å²) in [6.07, 6.45) is 0. The molecule has 1 atom stereocenters. The maximum Gasteiger partial charge on any atom is 0.234 e. The number of hydrazine groups is 1. The third kappa shape index (κ3) is 2.06. The minimum atomic E-state index is -0.108. The van der Waals surface area contributed by atoms with E-state index < -0.39 is 0 Å². The predicted molar refractivity (Wildman–Crippen MR) is 90.6 cm³/mol. The van der Waals surface area contributed by atoms with Gasteiger partial charge in [-0.2, -0.15) is 0 Å². The normalized spacial score (nSPS) is 17.3. The van der Waals surface area contributed by atoms with Crippen molar-refractivity contribution in [3.8, 4) is 0 Å². The van der Waals surface area contributed by atoms with E-state index >= 15 is 0 Å². The van der Waals surface area contributed by atoms with Crippen LogP contribution in [0.5, 0.6) is 0 Å². The van der Waals surface area contributed by atoms with Crippen LogP contribution in [0.2, 0.25) is 0 Å². The number of carbonyl (C=O) groups excluding carboxylic acids is 1. The van der Waals surface area contributed by atoms with E-state index in [4.69, 9.17) is 0 Å². The number of hydrogen-bond donors (Lipinski definition) is 1. The summed E-state index contributed by atoms with van der Waals surface area (Å²) in [6.45, 7) is 2.27. The Bertz CT molecular complexity index is 882. The summed E-state index contributed by atoms with van der Waals surface area (Å²) in [4.78, 5) is 12.2. The van der Waals surface area contributed by atoms with Crippen molar-refractivity contribution in [1.29, 1.82) is 0 Å². The van der Waals surface area contributed by atoms with Crippen molar-refractivity contribution in [1.82, 2.24) is 15.0 Å². The highest BCUT2D eigenvalue weighted by Gasteiger charge is 2.34. The van der Waals surface area contributed by atoms with Crippen molar-refractivity contribution in [3.63, 3.8) is 0 Å². The smallest absolute Gasteiger partial charge is 0.234 e. The number of rotatable bonds is 1. The highest BCUT2D eigenvalue weighted by molar-refractivity contribution is 5.88. The summed E-state index contributed by atoms with van der Waals surface area (Å²) in [7, 11) is 2.09. The third-order valence-electron chi connectivity index (χ3n) is 4.67. The van der Waals surface area contributed by atoms with Crippen molar-refractivity contribution >= 4 is 16.8 Å². The van der Waals surface area contributed by atoms with Gasteiger partial charge >= 0.3 is 0 Å². The summed E-state index contributed by atoms with van der Waals surface area (Å²) in [6, 6.07) is 18.5. The monoisotopic (exact) mass is 305 g/mol. The van der Waals surface area contributed by atoms with Gasteiger partial charge in [0.2, 0.25) is 5.91 Å². The Balaban J connectivity index is 2.02. The van der Waals surface area contributed by atoms with Crippen molar-refractivity contribution in [2.24, 2.45) is 7.05 Å². The molecule has 1 aliphatic rings. The topological polar surface area (TPSA) is 37.3 Å². The molecular weight excluding hydrogens is 286 g/mol. The van der Waals surface area contributed by atoms with Crippen molar-refractivity contribution in [3.05, 3.63) is 71.4 Å². The molecule has 0 saturated carbocycles. The molecule has 0 spiro atoms. The van der Waals surface area contributed by atoms with Gasteiger partial charge in [0.15, 0.2) is 0 Å². The van der Waals surface area contributed by atoms with E-state index in [2.05, 4.69) is 53.4 Å². The molecule has 2 aromatic carbocycles. The molecule has 116 valence electrons. The summed E-state index contributed by atoms with van der Waals surface area (Å²) >= 11 is 0.